The average molecular weight is 369 g/mol. The largest absolute Gasteiger partial charge is 0.459 e. The van der Waals surface area contributed by atoms with E-state index in [1.54, 1.807) is 12.1 Å². The van der Waals surface area contributed by atoms with Crippen LogP contribution in [0.5, 0.6) is 0 Å². The minimum absolute atomic E-state index is 0.0362. The van der Waals surface area contributed by atoms with Gasteiger partial charge in [0.25, 0.3) is 0 Å². The molecular formula is C16H13F2NO3S2. The zero-order valence-electron chi connectivity index (χ0n) is 12.3. The van der Waals surface area contributed by atoms with E-state index in [4.69, 9.17) is 4.42 Å². The molecule has 2 aromatic heterocycles. The molecule has 0 aliphatic carbocycles. The molecule has 0 amide bonds. The zero-order valence-corrected chi connectivity index (χ0v) is 14.0. The van der Waals surface area contributed by atoms with Gasteiger partial charge in [-0.2, -0.15) is 0 Å². The quantitative estimate of drug-likeness (QED) is 0.717. The van der Waals surface area contributed by atoms with Crippen molar-refractivity contribution < 1.29 is 21.6 Å². The van der Waals surface area contributed by atoms with E-state index in [2.05, 4.69) is 4.72 Å². The van der Waals surface area contributed by atoms with Crippen LogP contribution >= 0.6 is 11.3 Å². The highest BCUT2D eigenvalue weighted by molar-refractivity contribution is 7.88. The fourth-order valence-corrected chi connectivity index (χ4v) is 3.93. The Labute approximate surface area is 141 Å². The fraction of sp³-hybridized carbons (Fsp3) is 0.125. The van der Waals surface area contributed by atoms with Crippen molar-refractivity contribution in [2.75, 3.05) is 0 Å². The molecule has 0 saturated heterocycles. The van der Waals surface area contributed by atoms with Gasteiger partial charge < -0.3 is 4.42 Å². The van der Waals surface area contributed by atoms with Crippen LogP contribution in [0.15, 0.2) is 52.3 Å². The summed E-state index contributed by atoms with van der Waals surface area (Å²) in [5, 5.41) is 1.92. The van der Waals surface area contributed by atoms with Crippen LogP contribution < -0.4 is 4.72 Å². The van der Waals surface area contributed by atoms with Gasteiger partial charge in [-0.15, -0.1) is 11.3 Å². The molecule has 1 N–H and O–H groups in total. The molecule has 0 bridgehead atoms. The van der Waals surface area contributed by atoms with E-state index in [0.29, 0.717) is 17.6 Å². The van der Waals surface area contributed by atoms with Crippen LogP contribution in [0.4, 0.5) is 8.78 Å². The van der Waals surface area contributed by atoms with Gasteiger partial charge in [0.1, 0.15) is 23.2 Å². The van der Waals surface area contributed by atoms with Crippen LogP contribution in [0.25, 0.3) is 10.6 Å². The van der Waals surface area contributed by atoms with Crippen LogP contribution in [-0.4, -0.2) is 8.42 Å². The maximum Gasteiger partial charge on any atom is 0.216 e. The standard InChI is InChI=1S/C16H13F2NO3S2/c17-12-6-11(7-13(18)8-12)10-24(20,21)19-9-14-3-4-15(22-14)16-2-1-5-23-16/h1-8,19H,9-10H2. The number of furan rings is 1. The Bertz CT molecular complexity index is 914. The lowest BCUT2D eigenvalue weighted by molar-refractivity contribution is 0.510. The number of benzene rings is 1. The van der Waals surface area contributed by atoms with Gasteiger partial charge in [0.05, 0.1) is 17.2 Å². The summed E-state index contributed by atoms with van der Waals surface area (Å²) in [6, 6.07) is 9.91. The third kappa shape index (κ3) is 4.28. The highest BCUT2D eigenvalue weighted by atomic mass is 32.2. The van der Waals surface area contributed by atoms with Crippen LogP contribution in [0, 0.1) is 11.6 Å². The highest BCUT2D eigenvalue weighted by Crippen LogP contribution is 2.26. The Morgan fingerprint density at radius 2 is 1.83 bits per heavy atom. The molecule has 0 atom stereocenters. The summed E-state index contributed by atoms with van der Waals surface area (Å²) < 4.78 is 58.2. The van der Waals surface area contributed by atoms with Crippen molar-refractivity contribution in [2.24, 2.45) is 0 Å². The molecule has 4 nitrogen and oxygen atoms in total. The third-order valence-corrected chi connectivity index (χ3v) is 5.35. The summed E-state index contributed by atoms with van der Waals surface area (Å²) in [7, 11) is -3.75. The van der Waals surface area contributed by atoms with Crippen LogP contribution in [-0.2, 0) is 22.3 Å². The van der Waals surface area contributed by atoms with Gasteiger partial charge in [0.15, 0.2) is 0 Å². The lowest BCUT2D eigenvalue weighted by atomic mass is 10.2. The lowest BCUT2D eigenvalue weighted by Crippen LogP contribution is -2.24. The first-order valence-corrected chi connectivity index (χ1v) is 9.49. The second-order valence-electron chi connectivity index (χ2n) is 5.10. The minimum atomic E-state index is -3.75. The van der Waals surface area contributed by atoms with Gasteiger partial charge in [0.2, 0.25) is 10.0 Å². The molecule has 0 aliphatic heterocycles. The number of thiophene rings is 1. The van der Waals surface area contributed by atoms with E-state index in [9.17, 15) is 17.2 Å². The summed E-state index contributed by atoms with van der Waals surface area (Å²) in [6.07, 6.45) is 0. The molecule has 126 valence electrons. The third-order valence-electron chi connectivity index (χ3n) is 3.17. The van der Waals surface area contributed by atoms with Crippen LogP contribution in [0.2, 0.25) is 0 Å². The summed E-state index contributed by atoms with van der Waals surface area (Å²) in [4.78, 5) is 0.944. The number of halogens is 2. The fourth-order valence-electron chi connectivity index (χ4n) is 2.17. The number of hydrogen-bond acceptors (Lipinski definition) is 4. The predicted molar refractivity (Wildman–Crippen MR) is 87.8 cm³/mol. The topological polar surface area (TPSA) is 59.3 Å². The highest BCUT2D eigenvalue weighted by Gasteiger charge is 2.14. The maximum absolute atomic E-state index is 13.1. The van der Waals surface area contributed by atoms with Crippen LogP contribution in [0.1, 0.15) is 11.3 Å². The van der Waals surface area contributed by atoms with E-state index in [1.807, 2.05) is 17.5 Å². The van der Waals surface area contributed by atoms with Gasteiger partial charge in [-0.05, 0) is 41.3 Å². The molecule has 0 saturated carbocycles. The Kier molecular flexibility index (Phi) is 4.79. The van der Waals surface area contributed by atoms with E-state index < -0.39 is 27.4 Å². The predicted octanol–water partition coefficient (Wildman–Crippen LogP) is 3.91. The van der Waals surface area contributed by atoms with Gasteiger partial charge in [-0.25, -0.2) is 21.9 Å². The van der Waals surface area contributed by atoms with E-state index in [-0.39, 0.29) is 12.1 Å². The normalized spacial score (nSPS) is 11.8. The summed E-state index contributed by atoms with van der Waals surface area (Å²) in [5.41, 5.74) is 0.0405. The monoisotopic (exact) mass is 369 g/mol. The maximum atomic E-state index is 13.1. The minimum Gasteiger partial charge on any atom is -0.459 e. The Hall–Kier alpha value is -2.03. The molecule has 0 aliphatic rings. The van der Waals surface area contributed by atoms with Crippen molar-refractivity contribution in [1.82, 2.24) is 4.72 Å². The molecule has 8 heteroatoms. The first-order valence-electron chi connectivity index (χ1n) is 6.96. The first kappa shape index (κ1) is 16.8. The molecule has 2 heterocycles. The smallest absolute Gasteiger partial charge is 0.216 e. The molecule has 0 fully saturated rings. The molecule has 0 spiro atoms. The van der Waals surface area contributed by atoms with Gasteiger partial charge in [-0.3, -0.25) is 0 Å². The van der Waals surface area contributed by atoms with E-state index >= 15 is 0 Å². The number of nitrogens with one attached hydrogen (secondary N) is 1. The summed E-state index contributed by atoms with van der Waals surface area (Å²) in [6.45, 7) is -0.0362. The molecule has 24 heavy (non-hydrogen) atoms. The van der Waals surface area contributed by atoms with Crippen molar-refractivity contribution in [3.8, 4) is 10.6 Å². The average Bonchev–Trinajstić information content (AvgIpc) is 3.15. The molecule has 3 aromatic rings. The van der Waals surface area contributed by atoms with Crippen molar-refractivity contribution in [1.29, 1.82) is 0 Å². The summed E-state index contributed by atoms with van der Waals surface area (Å²) in [5.74, 6) is -1.03. The molecule has 1 aromatic carbocycles. The summed E-state index contributed by atoms with van der Waals surface area (Å²) >= 11 is 1.51. The Balaban J connectivity index is 1.65. The Morgan fingerprint density at radius 3 is 2.50 bits per heavy atom. The Morgan fingerprint density at radius 1 is 1.08 bits per heavy atom. The second-order valence-corrected chi connectivity index (χ2v) is 7.86. The second kappa shape index (κ2) is 6.84. The molecule has 3 rings (SSSR count). The van der Waals surface area contributed by atoms with Gasteiger partial charge >= 0.3 is 0 Å². The SMILES string of the molecule is O=S(=O)(Cc1cc(F)cc(F)c1)NCc1ccc(-c2cccs2)o1. The van der Waals surface area contributed by atoms with Crippen LogP contribution in [0.3, 0.4) is 0 Å². The number of sulfonamides is 1. The molecule has 0 unspecified atom stereocenters. The number of rotatable bonds is 6. The van der Waals surface area contributed by atoms with Crippen molar-refractivity contribution in [2.45, 2.75) is 12.3 Å². The van der Waals surface area contributed by atoms with E-state index in [0.717, 1.165) is 17.0 Å². The van der Waals surface area contributed by atoms with Gasteiger partial charge in [0, 0.05) is 6.07 Å². The van der Waals surface area contributed by atoms with Crippen molar-refractivity contribution in [3.63, 3.8) is 0 Å². The zero-order chi connectivity index (χ0) is 17.2. The molecular weight excluding hydrogens is 356 g/mol. The molecule has 0 radical (unpaired) electrons. The first-order chi connectivity index (χ1) is 11.4. The lowest BCUT2D eigenvalue weighted by Gasteiger charge is -2.06. The van der Waals surface area contributed by atoms with Gasteiger partial charge in [-0.1, -0.05) is 6.07 Å². The number of hydrogen-bond donors (Lipinski definition) is 1. The van der Waals surface area contributed by atoms with Crippen molar-refractivity contribution >= 4 is 21.4 Å². The van der Waals surface area contributed by atoms with Crippen molar-refractivity contribution in [3.05, 3.63) is 70.8 Å². The van der Waals surface area contributed by atoms with E-state index in [1.165, 1.54) is 11.3 Å².